The van der Waals surface area contributed by atoms with Gasteiger partial charge in [0, 0.05) is 21.4 Å². The molecule has 0 radical (unpaired) electrons. The number of nitrogens with one attached hydrogen (secondary N) is 2. The van der Waals surface area contributed by atoms with Crippen molar-refractivity contribution in [1.29, 1.82) is 0 Å². The predicted octanol–water partition coefficient (Wildman–Crippen LogP) is 5.45. The summed E-state index contributed by atoms with van der Waals surface area (Å²) in [6, 6.07) is 20.8. The van der Waals surface area contributed by atoms with Crippen LogP contribution >= 0.6 is 27.5 Å². The molecule has 32 heavy (non-hydrogen) atoms. The predicted molar refractivity (Wildman–Crippen MR) is 129 cm³/mol. The molecule has 8 heteroatoms. The first-order valence-electron chi connectivity index (χ1n) is 9.63. The monoisotopic (exact) mass is 509 g/mol. The fraction of sp³-hybridized carbons (Fsp3) is 0.0417. The average molecular weight is 511 g/mol. The van der Waals surface area contributed by atoms with Crippen LogP contribution in [0.15, 0.2) is 88.0 Å². The Kier molecular flexibility index (Phi) is 6.12. The van der Waals surface area contributed by atoms with Gasteiger partial charge in [-0.15, -0.1) is 0 Å². The number of aryl methyl sites for hydroxylation is 1. The fourth-order valence-electron chi connectivity index (χ4n) is 3.16. The van der Waals surface area contributed by atoms with Crippen molar-refractivity contribution in [2.45, 2.75) is 6.92 Å². The quantitative estimate of drug-likeness (QED) is 0.448. The van der Waals surface area contributed by atoms with Crippen molar-refractivity contribution in [3.8, 4) is 0 Å². The van der Waals surface area contributed by atoms with E-state index in [4.69, 9.17) is 11.6 Å². The van der Waals surface area contributed by atoms with E-state index in [0.29, 0.717) is 22.6 Å². The summed E-state index contributed by atoms with van der Waals surface area (Å²) in [5.74, 6) is -1.49. The van der Waals surface area contributed by atoms with Crippen molar-refractivity contribution in [3.05, 3.63) is 99.1 Å². The van der Waals surface area contributed by atoms with Gasteiger partial charge in [0.25, 0.3) is 17.7 Å². The molecule has 4 rings (SSSR count). The molecule has 2 N–H and O–H groups in total. The summed E-state index contributed by atoms with van der Waals surface area (Å²) in [5.41, 5.74) is 2.96. The zero-order chi connectivity index (χ0) is 22.8. The molecule has 0 atom stereocenters. The lowest BCUT2D eigenvalue weighted by Gasteiger charge is -2.15. The van der Waals surface area contributed by atoms with E-state index < -0.39 is 11.8 Å². The van der Waals surface area contributed by atoms with Crippen molar-refractivity contribution < 1.29 is 14.4 Å². The Labute approximate surface area is 198 Å². The molecule has 6 nitrogen and oxygen atoms in total. The number of anilines is 3. The van der Waals surface area contributed by atoms with Crippen LogP contribution in [0.4, 0.5) is 17.1 Å². The Morgan fingerprint density at radius 1 is 0.906 bits per heavy atom. The summed E-state index contributed by atoms with van der Waals surface area (Å²) in [4.78, 5) is 39.1. The smallest absolute Gasteiger partial charge is 0.283 e. The Balaban J connectivity index is 1.53. The van der Waals surface area contributed by atoms with Crippen LogP contribution in [0.5, 0.6) is 0 Å². The largest absolute Gasteiger partial charge is 0.350 e. The molecule has 1 heterocycles. The van der Waals surface area contributed by atoms with Crippen LogP contribution in [0.1, 0.15) is 15.9 Å². The molecule has 0 bridgehead atoms. The number of rotatable bonds is 5. The molecular formula is C24H17BrClN3O3. The number of hydrogen-bond acceptors (Lipinski definition) is 4. The first-order valence-corrected chi connectivity index (χ1v) is 10.8. The van der Waals surface area contributed by atoms with Crippen LogP contribution in [-0.2, 0) is 9.59 Å². The number of imide groups is 1. The number of nitrogens with zero attached hydrogens (tertiary/aromatic N) is 1. The number of carbonyl (C=O) groups is 3. The van der Waals surface area contributed by atoms with Crippen LogP contribution in [0, 0.1) is 6.92 Å². The molecule has 160 valence electrons. The standard InChI is InChI=1S/C24H17BrClN3O3/c1-14-5-9-17(10-6-14)28-22(30)15-3-2-4-18(13-15)27-21-20(26)23(31)29(24(21)32)19-11-7-16(25)8-12-19/h2-13,27H,1H3,(H,28,30). The topological polar surface area (TPSA) is 78.5 Å². The van der Waals surface area contributed by atoms with Gasteiger partial charge < -0.3 is 10.6 Å². The highest BCUT2D eigenvalue weighted by Crippen LogP contribution is 2.31. The summed E-state index contributed by atoms with van der Waals surface area (Å²) in [7, 11) is 0. The first-order chi connectivity index (χ1) is 15.3. The summed E-state index contributed by atoms with van der Waals surface area (Å²) >= 11 is 9.51. The van der Waals surface area contributed by atoms with E-state index in [0.717, 1.165) is 14.9 Å². The zero-order valence-electron chi connectivity index (χ0n) is 16.9. The molecule has 0 saturated carbocycles. The summed E-state index contributed by atoms with van der Waals surface area (Å²) in [5, 5.41) is 5.51. The van der Waals surface area contributed by atoms with Crippen molar-refractivity contribution in [2.24, 2.45) is 0 Å². The minimum atomic E-state index is -0.616. The maximum atomic E-state index is 12.9. The minimum Gasteiger partial charge on any atom is -0.350 e. The maximum Gasteiger partial charge on any atom is 0.283 e. The third-order valence-corrected chi connectivity index (χ3v) is 5.69. The van der Waals surface area contributed by atoms with E-state index in [-0.39, 0.29) is 16.6 Å². The number of halogens is 2. The summed E-state index contributed by atoms with van der Waals surface area (Å²) in [6.45, 7) is 1.97. The first kappa shape index (κ1) is 21.8. The van der Waals surface area contributed by atoms with Crippen molar-refractivity contribution in [1.82, 2.24) is 0 Å². The second-order valence-electron chi connectivity index (χ2n) is 7.14. The van der Waals surface area contributed by atoms with Crippen molar-refractivity contribution in [3.63, 3.8) is 0 Å². The maximum absolute atomic E-state index is 12.9. The molecule has 0 aliphatic carbocycles. The Hall–Kier alpha value is -3.42. The van der Waals surface area contributed by atoms with E-state index in [1.807, 2.05) is 31.2 Å². The molecule has 0 fully saturated rings. The molecule has 1 aliphatic rings. The highest BCUT2D eigenvalue weighted by Gasteiger charge is 2.38. The van der Waals surface area contributed by atoms with Gasteiger partial charge in [0.05, 0.1) is 5.69 Å². The highest BCUT2D eigenvalue weighted by molar-refractivity contribution is 9.10. The van der Waals surface area contributed by atoms with Crippen LogP contribution in [-0.4, -0.2) is 17.7 Å². The van der Waals surface area contributed by atoms with Gasteiger partial charge in [0.2, 0.25) is 0 Å². The number of hydrogen-bond donors (Lipinski definition) is 2. The molecule has 0 spiro atoms. The summed E-state index contributed by atoms with van der Waals surface area (Å²) < 4.78 is 0.818. The summed E-state index contributed by atoms with van der Waals surface area (Å²) in [6.07, 6.45) is 0. The second-order valence-corrected chi connectivity index (χ2v) is 8.43. The van der Waals surface area contributed by atoms with Gasteiger partial charge in [0.15, 0.2) is 0 Å². The molecule has 3 aromatic rings. The molecular weight excluding hydrogens is 494 g/mol. The third kappa shape index (κ3) is 4.44. The van der Waals surface area contributed by atoms with Gasteiger partial charge >= 0.3 is 0 Å². The fourth-order valence-corrected chi connectivity index (χ4v) is 3.64. The lowest BCUT2D eigenvalue weighted by molar-refractivity contribution is -0.120. The minimum absolute atomic E-state index is 0.0457. The van der Waals surface area contributed by atoms with Crippen LogP contribution in [0.2, 0.25) is 0 Å². The molecule has 0 saturated heterocycles. The van der Waals surface area contributed by atoms with E-state index in [9.17, 15) is 14.4 Å². The molecule has 3 amide bonds. The lowest BCUT2D eigenvalue weighted by atomic mass is 10.1. The number of amides is 3. The van der Waals surface area contributed by atoms with Crippen molar-refractivity contribution >= 4 is 62.3 Å². The van der Waals surface area contributed by atoms with Crippen molar-refractivity contribution in [2.75, 3.05) is 15.5 Å². The number of benzene rings is 3. The molecule has 0 aromatic heterocycles. The van der Waals surface area contributed by atoms with Gasteiger partial charge in [0.1, 0.15) is 10.7 Å². The van der Waals surface area contributed by atoms with Gasteiger partial charge in [-0.2, -0.15) is 0 Å². The second kappa shape index (κ2) is 8.98. The molecule has 0 unspecified atom stereocenters. The Morgan fingerprint density at radius 3 is 2.28 bits per heavy atom. The van der Waals surface area contributed by atoms with Gasteiger partial charge in [-0.1, -0.05) is 51.3 Å². The van der Waals surface area contributed by atoms with Crippen LogP contribution < -0.4 is 15.5 Å². The van der Waals surface area contributed by atoms with Gasteiger partial charge in [-0.05, 0) is 61.5 Å². The van der Waals surface area contributed by atoms with Crippen LogP contribution in [0.3, 0.4) is 0 Å². The Morgan fingerprint density at radius 2 is 1.59 bits per heavy atom. The molecule has 3 aromatic carbocycles. The van der Waals surface area contributed by atoms with E-state index in [1.165, 1.54) is 0 Å². The van der Waals surface area contributed by atoms with E-state index >= 15 is 0 Å². The van der Waals surface area contributed by atoms with Gasteiger partial charge in [-0.3, -0.25) is 14.4 Å². The third-order valence-electron chi connectivity index (χ3n) is 4.82. The molecule has 1 aliphatic heterocycles. The SMILES string of the molecule is Cc1ccc(NC(=O)c2cccc(NC3=C(Cl)C(=O)N(c4ccc(Br)cc4)C3=O)c2)cc1. The average Bonchev–Trinajstić information content (AvgIpc) is 2.99. The highest BCUT2D eigenvalue weighted by atomic mass is 79.9. The normalized spacial score (nSPS) is 13.5. The van der Waals surface area contributed by atoms with Crippen LogP contribution in [0.25, 0.3) is 0 Å². The zero-order valence-corrected chi connectivity index (χ0v) is 19.2. The van der Waals surface area contributed by atoms with E-state index in [1.54, 1.807) is 48.5 Å². The van der Waals surface area contributed by atoms with Gasteiger partial charge in [-0.25, -0.2) is 4.90 Å². The number of carbonyl (C=O) groups excluding carboxylic acids is 3. The van der Waals surface area contributed by atoms with E-state index in [2.05, 4.69) is 26.6 Å². The lowest BCUT2D eigenvalue weighted by Crippen LogP contribution is -2.32. The Bertz CT molecular complexity index is 1250.